The van der Waals surface area contributed by atoms with Gasteiger partial charge < -0.3 is 19.5 Å². The molecule has 0 aromatic carbocycles. The monoisotopic (exact) mass is 307 g/mol. The number of aromatic nitrogens is 1. The molecular weight excluding hydrogens is 282 g/mol. The van der Waals surface area contributed by atoms with Crippen LogP contribution in [0.1, 0.15) is 37.9 Å². The van der Waals surface area contributed by atoms with Gasteiger partial charge in [0, 0.05) is 38.0 Å². The summed E-state index contributed by atoms with van der Waals surface area (Å²) >= 11 is 0. The lowest BCUT2D eigenvalue weighted by atomic mass is 9.89. The van der Waals surface area contributed by atoms with Crippen LogP contribution in [0.4, 0.5) is 0 Å². The molecule has 0 bridgehead atoms. The second kappa shape index (κ2) is 7.13. The Balaban J connectivity index is 1.49. The number of rotatable bonds is 4. The maximum absolute atomic E-state index is 12.4. The molecule has 0 spiro atoms. The number of fused-ring (bicyclic) bond motifs is 1. The molecule has 3 rings (SSSR count). The normalized spacial score (nSPS) is 25.4. The van der Waals surface area contributed by atoms with Gasteiger partial charge in [-0.2, -0.15) is 0 Å². The molecule has 2 aliphatic rings. The van der Waals surface area contributed by atoms with Gasteiger partial charge in [-0.3, -0.25) is 4.79 Å². The van der Waals surface area contributed by atoms with Crippen LogP contribution in [0.5, 0.6) is 5.88 Å². The lowest BCUT2D eigenvalue weighted by Crippen LogP contribution is -2.50. The molecule has 0 unspecified atom stereocenters. The molecule has 0 saturated carbocycles. The fraction of sp³-hybridized carbons (Fsp3) is 0.750. The minimum Gasteiger partial charge on any atom is -0.479 e. The largest absolute Gasteiger partial charge is 0.479 e. The summed E-state index contributed by atoms with van der Waals surface area (Å²) in [6.07, 6.45) is 5.90. The third kappa shape index (κ3) is 3.61. The first kappa shape index (κ1) is 15.3. The van der Waals surface area contributed by atoms with Crippen LogP contribution in [0, 0.1) is 5.92 Å². The summed E-state index contributed by atoms with van der Waals surface area (Å²) in [4.78, 5) is 14.4. The molecule has 122 valence electrons. The Morgan fingerprint density at radius 3 is 3.23 bits per heavy atom. The molecule has 0 radical (unpaired) electrons. The Kier molecular flexibility index (Phi) is 4.97. The van der Waals surface area contributed by atoms with Crippen molar-refractivity contribution in [1.29, 1.82) is 0 Å². The molecule has 2 atom stereocenters. The quantitative estimate of drug-likeness (QED) is 0.915. The Morgan fingerprint density at radius 2 is 2.41 bits per heavy atom. The molecule has 6 nitrogen and oxygen atoms in total. The van der Waals surface area contributed by atoms with Crippen molar-refractivity contribution in [1.82, 2.24) is 15.4 Å². The summed E-state index contributed by atoms with van der Waals surface area (Å²) < 4.78 is 10.1. The van der Waals surface area contributed by atoms with Gasteiger partial charge >= 0.3 is 0 Å². The van der Waals surface area contributed by atoms with Gasteiger partial charge in [-0.05, 0) is 36.9 Å². The summed E-state index contributed by atoms with van der Waals surface area (Å²) in [5.41, 5.74) is 0. The fourth-order valence-electron chi connectivity index (χ4n) is 3.54. The summed E-state index contributed by atoms with van der Waals surface area (Å²) in [6, 6.07) is 2.35. The SMILES string of the molecule is COc1cc(CCC(=O)N2CC[C@H]3NCCCC[C@H]3C2)on1. The molecule has 1 aromatic rings. The van der Waals surface area contributed by atoms with Crippen molar-refractivity contribution in [2.24, 2.45) is 5.92 Å². The number of ether oxygens (including phenoxy) is 1. The van der Waals surface area contributed by atoms with Gasteiger partial charge in [0.25, 0.3) is 5.88 Å². The lowest BCUT2D eigenvalue weighted by Gasteiger charge is -2.38. The highest BCUT2D eigenvalue weighted by Gasteiger charge is 2.31. The summed E-state index contributed by atoms with van der Waals surface area (Å²) in [5, 5.41) is 7.39. The van der Waals surface area contributed by atoms with Crippen LogP contribution in [-0.4, -0.2) is 48.7 Å². The number of carbonyl (C=O) groups excluding carboxylic acids is 1. The number of methoxy groups -OCH3 is 1. The Morgan fingerprint density at radius 1 is 1.50 bits per heavy atom. The van der Waals surface area contributed by atoms with E-state index in [1.807, 2.05) is 4.90 Å². The van der Waals surface area contributed by atoms with Crippen molar-refractivity contribution in [2.45, 2.75) is 44.6 Å². The van der Waals surface area contributed by atoms with Crippen LogP contribution < -0.4 is 10.1 Å². The van der Waals surface area contributed by atoms with E-state index in [0.29, 0.717) is 36.4 Å². The maximum Gasteiger partial charge on any atom is 0.254 e. The molecule has 1 aromatic heterocycles. The predicted octanol–water partition coefficient (Wildman–Crippen LogP) is 1.61. The zero-order valence-electron chi connectivity index (χ0n) is 13.2. The topological polar surface area (TPSA) is 67.6 Å². The smallest absolute Gasteiger partial charge is 0.254 e. The number of nitrogens with one attached hydrogen (secondary N) is 1. The zero-order valence-corrected chi connectivity index (χ0v) is 13.2. The Bertz CT molecular complexity index is 503. The van der Waals surface area contributed by atoms with Crippen molar-refractivity contribution < 1.29 is 14.1 Å². The van der Waals surface area contributed by atoms with Gasteiger partial charge in [0.15, 0.2) is 0 Å². The highest BCUT2D eigenvalue weighted by atomic mass is 16.5. The first-order valence-corrected chi connectivity index (χ1v) is 8.27. The molecule has 2 aliphatic heterocycles. The van der Waals surface area contributed by atoms with Gasteiger partial charge in [-0.1, -0.05) is 6.42 Å². The molecule has 1 amide bonds. The van der Waals surface area contributed by atoms with E-state index in [1.165, 1.54) is 19.3 Å². The summed E-state index contributed by atoms with van der Waals surface area (Å²) in [5.74, 6) is 2.01. The van der Waals surface area contributed by atoms with Gasteiger partial charge in [-0.25, -0.2) is 0 Å². The van der Waals surface area contributed by atoms with Gasteiger partial charge in [0.1, 0.15) is 5.76 Å². The lowest BCUT2D eigenvalue weighted by molar-refractivity contribution is -0.133. The van der Waals surface area contributed by atoms with E-state index in [-0.39, 0.29) is 5.91 Å². The first-order valence-electron chi connectivity index (χ1n) is 8.27. The van der Waals surface area contributed by atoms with Crippen LogP contribution in [0.25, 0.3) is 0 Å². The van der Waals surface area contributed by atoms with Crippen LogP contribution in [-0.2, 0) is 11.2 Å². The van der Waals surface area contributed by atoms with Crippen molar-refractivity contribution in [3.8, 4) is 5.88 Å². The molecule has 3 heterocycles. The van der Waals surface area contributed by atoms with E-state index < -0.39 is 0 Å². The van der Waals surface area contributed by atoms with Crippen LogP contribution in [0.2, 0.25) is 0 Å². The fourth-order valence-corrected chi connectivity index (χ4v) is 3.54. The van der Waals surface area contributed by atoms with Gasteiger partial charge in [-0.15, -0.1) is 0 Å². The van der Waals surface area contributed by atoms with Crippen molar-refractivity contribution >= 4 is 5.91 Å². The molecule has 2 fully saturated rings. The standard InChI is InChI=1S/C16H25N3O3/c1-21-15-10-13(22-18-15)5-6-16(20)19-9-7-14-12(11-19)4-2-3-8-17-14/h10,12,14,17H,2-9,11H2,1H3/t12-,14+/m0/s1. The predicted molar refractivity (Wildman–Crippen MR) is 81.7 cm³/mol. The highest BCUT2D eigenvalue weighted by molar-refractivity contribution is 5.76. The number of nitrogens with zero attached hydrogens (tertiary/aromatic N) is 2. The molecular formula is C16H25N3O3. The van der Waals surface area contributed by atoms with Gasteiger partial charge in [0.05, 0.1) is 7.11 Å². The number of likely N-dealkylation sites (tertiary alicyclic amines) is 1. The molecule has 6 heteroatoms. The second-order valence-electron chi connectivity index (χ2n) is 6.28. The number of piperidine rings is 1. The summed E-state index contributed by atoms with van der Waals surface area (Å²) in [6.45, 7) is 2.89. The highest BCUT2D eigenvalue weighted by Crippen LogP contribution is 2.25. The van der Waals surface area contributed by atoms with Crippen molar-refractivity contribution in [3.05, 3.63) is 11.8 Å². The minimum atomic E-state index is 0.220. The van der Waals surface area contributed by atoms with Crippen LogP contribution in [0.15, 0.2) is 10.6 Å². The van der Waals surface area contributed by atoms with Crippen LogP contribution in [0.3, 0.4) is 0 Å². The maximum atomic E-state index is 12.4. The van der Waals surface area contributed by atoms with E-state index in [9.17, 15) is 4.79 Å². The van der Waals surface area contributed by atoms with E-state index in [1.54, 1.807) is 13.2 Å². The van der Waals surface area contributed by atoms with E-state index >= 15 is 0 Å². The minimum absolute atomic E-state index is 0.220. The molecule has 0 aliphatic carbocycles. The first-order chi connectivity index (χ1) is 10.8. The second-order valence-corrected chi connectivity index (χ2v) is 6.28. The third-order valence-electron chi connectivity index (χ3n) is 4.83. The van der Waals surface area contributed by atoms with Crippen molar-refractivity contribution in [3.63, 3.8) is 0 Å². The number of aryl methyl sites for hydroxylation is 1. The van der Waals surface area contributed by atoms with E-state index in [0.717, 1.165) is 26.1 Å². The zero-order chi connectivity index (χ0) is 15.4. The Labute approximate surface area is 131 Å². The van der Waals surface area contributed by atoms with E-state index in [4.69, 9.17) is 9.26 Å². The van der Waals surface area contributed by atoms with Crippen molar-refractivity contribution in [2.75, 3.05) is 26.7 Å². The van der Waals surface area contributed by atoms with E-state index in [2.05, 4.69) is 10.5 Å². The Hall–Kier alpha value is -1.56. The summed E-state index contributed by atoms with van der Waals surface area (Å²) in [7, 11) is 1.55. The molecule has 2 saturated heterocycles. The molecule has 22 heavy (non-hydrogen) atoms. The number of hydrogen-bond acceptors (Lipinski definition) is 5. The number of carbonyl (C=O) groups is 1. The average Bonchev–Trinajstić information content (AvgIpc) is 2.88. The number of amides is 1. The van der Waals surface area contributed by atoms with Crippen LogP contribution >= 0.6 is 0 Å². The average molecular weight is 307 g/mol. The number of hydrogen-bond donors (Lipinski definition) is 1. The third-order valence-corrected chi connectivity index (χ3v) is 4.83. The molecule has 1 N–H and O–H groups in total. The van der Waals surface area contributed by atoms with Gasteiger partial charge in [0.2, 0.25) is 5.91 Å².